The first-order valence-electron chi connectivity index (χ1n) is 4.25. The molecule has 0 bridgehead atoms. The number of carbonyl (C=O) groups is 1. The Morgan fingerprint density at radius 1 is 1.67 bits per heavy atom. The minimum Gasteiger partial charge on any atom is -0.351 e. The third-order valence-electron chi connectivity index (χ3n) is 2.19. The van der Waals surface area contributed by atoms with Crippen LogP contribution >= 0.6 is 0 Å². The van der Waals surface area contributed by atoms with Gasteiger partial charge in [0, 0.05) is 18.1 Å². The highest BCUT2D eigenvalue weighted by molar-refractivity contribution is 5.73. The van der Waals surface area contributed by atoms with Crippen molar-refractivity contribution in [3.05, 3.63) is 0 Å². The molecule has 70 valence electrons. The first kappa shape index (κ1) is 9.32. The average molecular weight is 171 g/mol. The van der Waals surface area contributed by atoms with Crippen molar-refractivity contribution in [3.8, 4) is 0 Å². The third kappa shape index (κ3) is 2.11. The van der Waals surface area contributed by atoms with E-state index >= 15 is 0 Å². The van der Waals surface area contributed by atoms with Crippen molar-refractivity contribution < 1.29 is 4.79 Å². The standard InChI is InChI=1S/C8H17N3O/c1-8(2,10)5-6-3-4-11(6)7(9)12/h6H,3-5,10H2,1-2H3,(H2,9,12). The van der Waals surface area contributed by atoms with Crippen LogP contribution in [0.3, 0.4) is 0 Å². The van der Waals surface area contributed by atoms with E-state index in [2.05, 4.69) is 0 Å². The second kappa shape index (κ2) is 2.94. The fourth-order valence-corrected chi connectivity index (χ4v) is 1.55. The number of hydrogen-bond acceptors (Lipinski definition) is 2. The van der Waals surface area contributed by atoms with Gasteiger partial charge in [0.15, 0.2) is 0 Å². The van der Waals surface area contributed by atoms with Crippen molar-refractivity contribution in [2.24, 2.45) is 11.5 Å². The lowest BCUT2D eigenvalue weighted by molar-refractivity contribution is 0.103. The van der Waals surface area contributed by atoms with Crippen LogP contribution in [0, 0.1) is 0 Å². The van der Waals surface area contributed by atoms with E-state index in [1.54, 1.807) is 4.90 Å². The minimum atomic E-state index is -0.324. The van der Waals surface area contributed by atoms with E-state index in [1.807, 2.05) is 13.8 Å². The molecule has 0 radical (unpaired) electrons. The molecule has 0 saturated carbocycles. The Hall–Kier alpha value is -0.770. The zero-order valence-corrected chi connectivity index (χ0v) is 7.71. The monoisotopic (exact) mass is 171 g/mol. The molecule has 0 aliphatic carbocycles. The van der Waals surface area contributed by atoms with Crippen LogP contribution in [0.15, 0.2) is 0 Å². The van der Waals surface area contributed by atoms with Gasteiger partial charge in [-0.25, -0.2) is 4.79 Å². The number of likely N-dealkylation sites (tertiary alicyclic amines) is 1. The summed E-state index contributed by atoms with van der Waals surface area (Å²) in [5.41, 5.74) is 10.8. The number of carbonyl (C=O) groups excluding carboxylic acids is 1. The zero-order valence-electron chi connectivity index (χ0n) is 7.71. The molecule has 0 aromatic carbocycles. The van der Waals surface area contributed by atoms with E-state index in [-0.39, 0.29) is 17.6 Å². The number of amides is 2. The first-order valence-corrected chi connectivity index (χ1v) is 4.25. The van der Waals surface area contributed by atoms with Gasteiger partial charge < -0.3 is 16.4 Å². The Labute approximate surface area is 72.9 Å². The van der Waals surface area contributed by atoms with Crippen LogP contribution in [0.2, 0.25) is 0 Å². The Balaban J connectivity index is 2.40. The largest absolute Gasteiger partial charge is 0.351 e. The second-order valence-electron chi connectivity index (χ2n) is 4.17. The zero-order chi connectivity index (χ0) is 9.35. The SMILES string of the molecule is CC(C)(N)CC1CCN1C(N)=O. The van der Waals surface area contributed by atoms with E-state index in [1.165, 1.54) is 0 Å². The van der Waals surface area contributed by atoms with E-state index in [4.69, 9.17) is 11.5 Å². The number of urea groups is 1. The summed E-state index contributed by atoms with van der Waals surface area (Å²) in [7, 11) is 0. The van der Waals surface area contributed by atoms with Crippen LogP contribution in [0.25, 0.3) is 0 Å². The fraction of sp³-hybridized carbons (Fsp3) is 0.875. The normalized spacial score (nSPS) is 23.6. The molecular formula is C8H17N3O. The molecule has 1 rings (SSSR count). The smallest absolute Gasteiger partial charge is 0.315 e. The maximum Gasteiger partial charge on any atom is 0.315 e. The lowest BCUT2D eigenvalue weighted by Crippen LogP contribution is -2.56. The summed E-state index contributed by atoms with van der Waals surface area (Å²) < 4.78 is 0. The molecule has 4 nitrogen and oxygen atoms in total. The molecule has 0 spiro atoms. The molecule has 1 atom stereocenters. The van der Waals surface area contributed by atoms with Gasteiger partial charge in [0.1, 0.15) is 0 Å². The fourth-order valence-electron chi connectivity index (χ4n) is 1.55. The molecule has 0 aromatic heterocycles. The summed E-state index contributed by atoms with van der Waals surface area (Å²) in [6, 6.07) is -0.0574. The Morgan fingerprint density at radius 2 is 2.25 bits per heavy atom. The van der Waals surface area contributed by atoms with Crippen LogP contribution in [0.4, 0.5) is 4.79 Å². The quantitative estimate of drug-likeness (QED) is 0.625. The predicted molar refractivity (Wildman–Crippen MR) is 47.6 cm³/mol. The van der Waals surface area contributed by atoms with Gasteiger partial charge in [-0.1, -0.05) is 0 Å². The molecule has 12 heavy (non-hydrogen) atoms. The van der Waals surface area contributed by atoms with E-state index in [9.17, 15) is 4.79 Å². The average Bonchev–Trinajstić information content (AvgIpc) is 1.77. The number of rotatable bonds is 2. The van der Waals surface area contributed by atoms with E-state index < -0.39 is 0 Å². The molecule has 1 aliphatic heterocycles. The number of primary amides is 1. The van der Waals surface area contributed by atoms with Crippen LogP contribution in [0.1, 0.15) is 26.7 Å². The summed E-state index contributed by atoms with van der Waals surface area (Å²) in [6.45, 7) is 4.71. The summed E-state index contributed by atoms with van der Waals surface area (Å²) in [5, 5.41) is 0. The highest BCUT2D eigenvalue weighted by Gasteiger charge is 2.33. The third-order valence-corrected chi connectivity index (χ3v) is 2.19. The van der Waals surface area contributed by atoms with Crippen LogP contribution in [-0.2, 0) is 0 Å². The molecule has 1 heterocycles. The number of hydrogen-bond donors (Lipinski definition) is 2. The van der Waals surface area contributed by atoms with Gasteiger partial charge in [-0.3, -0.25) is 0 Å². The molecule has 4 N–H and O–H groups in total. The second-order valence-corrected chi connectivity index (χ2v) is 4.17. The lowest BCUT2D eigenvalue weighted by atomic mass is 9.89. The molecule has 4 heteroatoms. The van der Waals surface area contributed by atoms with Crippen LogP contribution < -0.4 is 11.5 Å². The maximum absolute atomic E-state index is 10.8. The number of nitrogens with zero attached hydrogens (tertiary/aromatic N) is 1. The summed E-state index contributed by atoms with van der Waals surface area (Å²) in [4.78, 5) is 12.5. The Morgan fingerprint density at radius 3 is 2.50 bits per heavy atom. The van der Waals surface area contributed by atoms with E-state index in [0.29, 0.717) is 0 Å². The summed E-state index contributed by atoms with van der Waals surface area (Å²) in [5.74, 6) is 0. The van der Waals surface area contributed by atoms with Gasteiger partial charge >= 0.3 is 6.03 Å². The highest BCUT2D eigenvalue weighted by Crippen LogP contribution is 2.24. The molecule has 0 aromatic rings. The predicted octanol–water partition coefficient (Wildman–Crippen LogP) is 0.267. The molecule has 1 unspecified atom stereocenters. The maximum atomic E-state index is 10.8. The van der Waals surface area contributed by atoms with Gasteiger partial charge in [0.2, 0.25) is 0 Å². The molecule has 2 amide bonds. The Kier molecular flexibility index (Phi) is 2.28. The summed E-state index contributed by atoms with van der Waals surface area (Å²) in [6.07, 6.45) is 1.86. The van der Waals surface area contributed by atoms with Crippen LogP contribution in [-0.4, -0.2) is 29.1 Å². The van der Waals surface area contributed by atoms with Gasteiger partial charge in [0.05, 0.1) is 0 Å². The minimum absolute atomic E-state index is 0.210. The molecule has 1 aliphatic rings. The van der Waals surface area contributed by atoms with Gasteiger partial charge in [-0.05, 0) is 26.7 Å². The molecular weight excluding hydrogens is 154 g/mol. The topological polar surface area (TPSA) is 72.3 Å². The molecule has 1 fully saturated rings. The van der Waals surface area contributed by atoms with Crippen molar-refractivity contribution in [1.29, 1.82) is 0 Å². The van der Waals surface area contributed by atoms with Crippen molar-refractivity contribution >= 4 is 6.03 Å². The lowest BCUT2D eigenvalue weighted by Gasteiger charge is -2.42. The van der Waals surface area contributed by atoms with E-state index in [0.717, 1.165) is 19.4 Å². The van der Waals surface area contributed by atoms with Crippen molar-refractivity contribution in [3.63, 3.8) is 0 Å². The highest BCUT2D eigenvalue weighted by atomic mass is 16.2. The van der Waals surface area contributed by atoms with Crippen molar-refractivity contribution in [2.75, 3.05) is 6.54 Å². The van der Waals surface area contributed by atoms with Gasteiger partial charge in [-0.15, -0.1) is 0 Å². The van der Waals surface area contributed by atoms with Gasteiger partial charge in [0.25, 0.3) is 0 Å². The van der Waals surface area contributed by atoms with Gasteiger partial charge in [-0.2, -0.15) is 0 Å². The number of nitrogens with two attached hydrogens (primary N) is 2. The van der Waals surface area contributed by atoms with Crippen molar-refractivity contribution in [1.82, 2.24) is 4.90 Å². The Bertz CT molecular complexity index is 185. The summed E-state index contributed by atoms with van der Waals surface area (Å²) >= 11 is 0. The first-order chi connectivity index (χ1) is 5.40. The van der Waals surface area contributed by atoms with Crippen LogP contribution in [0.5, 0.6) is 0 Å². The molecule has 1 saturated heterocycles. The van der Waals surface area contributed by atoms with Crippen molar-refractivity contribution in [2.45, 2.75) is 38.3 Å².